The van der Waals surface area contributed by atoms with E-state index in [1.807, 2.05) is 25.2 Å². The van der Waals surface area contributed by atoms with E-state index in [1.54, 1.807) is 6.07 Å². The number of carbonyl (C=O) groups is 1. The maximum Gasteiger partial charge on any atom is 0.274 e. The van der Waals surface area contributed by atoms with Crippen molar-refractivity contribution in [1.29, 1.82) is 0 Å². The first-order valence-electron chi connectivity index (χ1n) is 5.54. The quantitative estimate of drug-likeness (QED) is 0.613. The number of carbonyl (C=O) groups excluding carboxylic acids is 1. The van der Waals surface area contributed by atoms with Gasteiger partial charge in [-0.25, -0.2) is 0 Å². The van der Waals surface area contributed by atoms with Crippen molar-refractivity contribution >= 4 is 25.9 Å². The van der Waals surface area contributed by atoms with Crippen LogP contribution in [0.3, 0.4) is 0 Å². The second-order valence-electron chi connectivity index (χ2n) is 5.24. The van der Waals surface area contributed by atoms with Crippen LogP contribution in [-0.4, -0.2) is 14.3 Å². The van der Waals surface area contributed by atoms with Crippen LogP contribution >= 0.6 is 11.6 Å². The van der Waals surface area contributed by atoms with Gasteiger partial charge in [-0.3, -0.25) is 4.79 Å². The van der Waals surface area contributed by atoms with Gasteiger partial charge < -0.3 is 4.43 Å². The van der Waals surface area contributed by atoms with Crippen molar-refractivity contribution in [3.05, 3.63) is 29.3 Å². The average molecular weight is 270 g/mol. The minimum absolute atomic E-state index is 0.0282. The Balaban J connectivity index is 3.24. The van der Waals surface area contributed by atoms with E-state index in [9.17, 15) is 4.79 Å². The van der Waals surface area contributed by atoms with Crippen molar-refractivity contribution in [3.63, 3.8) is 0 Å². The summed E-state index contributed by atoms with van der Waals surface area (Å²) in [5, 5.41) is -0.469. The molecule has 0 aliphatic heterocycles. The van der Waals surface area contributed by atoms with Gasteiger partial charge in [0.25, 0.3) is 14.3 Å². The third-order valence-corrected chi connectivity index (χ3v) is 3.21. The molecule has 0 fully saturated rings. The summed E-state index contributed by atoms with van der Waals surface area (Å²) >= 11 is 5.55. The van der Waals surface area contributed by atoms with E-state index in [-0.39, 0.29) is 5.41 Å². The highest BCUT2D eigenvalue weighted by molar-refractivity contribution is 6.68. The van der Waals surface area contributed by atoms with E-state index in [1.165, 1.54) is 0 Å². The lowest BCUT2D eigenvalue weighted by molar-refractivity contribution is 0.108. The van der Waals surface area contributed by atoms with Crippen molar-refractivity contribution in [2.45, 2.75) is 39.3 Å². The summed E-state index contributed by atoms with van der Waals surface area (Å²) in [6.45, 7) is 10.4. The molecule has 1 rings (SSSR count). The Kier molecular flexibility index (Phi) is 4.39. The van der Waals surface area contributed by atoms with E-state index >= 15 is 0 Å². The summed E-state index contributed by atoms with van der Waals surface area (Å²) in [5.41, 5.74) is 1.61. The normalized spacial score (nSPS) is 11.7. The number of benzene rings is 1. The average Bonchev–Trinajstić information content (AvgIpc) is 2.14. The van der Waals surface area contributed by atoms with Crippen LogP contribution in [0.1, 0.15) is 36.7 Å². The molecule has 1 aromatic carbocycles. The van der Waals surface area contributed by atoms with Gasteiger partial charge >= 0.3 is 0 Å². The topological polar surface area (TPSA) is 26.3 Å². The molecule has 2 nitrogen and oxygen atoms in total. The Morgan fingerprint density at radius 3 is 2.29 bits per heavy atom. The van der Waals surface area contributed by atoms with Gasteiger partial charge in [0.1, 0.15) is 5.75 Å². The molecule has 0 aromatic heterocycles. The van der Waals surface area contributed by atoms with Gasteiger partial charge in [-0.2, -0.15) is 0 Å². The molecule has 0 aliphatic rings. The Morgan fingerprint density at radius 2 is 1.88 bits per heavy atom. The summed E-state index contributed by atoms with van der Waals surface area (Å²) in [4.78, 5) is 11.3. The highest BCUT2D eigenvalue weighted by atomic mass is 35.5. The third-order valence-electron chi connectivity index (χ3n) is 2.37. The summed E-state index contributed by atoms with van der Waals surface area (Å²) < 4.78 is 5.74. The molecule has 0 N–H and O–H groups in total. The lowest BCUT2D eigenvalue weighted by Gasteiger charge is -2.21. The molecule has 1 aromatic rings. The molecule has 0 bridgehead atoms. The molecule has 4 heteroatoms. The monoisotopic (exact) mass is 269 g/mol. The molecule has 0 unspecified atom stereocenters. The van der Waals surface area contributed by atoms with E-state index in [4.69, 9.17) is 16.0 Å². The zero-order chi connectivity index (χ0) is 13.2. The largest absolute Gasteiger partial charge is 0.542 e. The van der Waals surface area contributed by atoms with Gasteiger partial charge in [-0.05, 0) is 47.8 Å². The molecule has 0 atom stereocenters. The number of hydrogen-bond acceptors (Lipinski definition) is 2. The van der Waals surface area contributed by atoms with Crippen molar-refractivity contribution < 1.29 is 9.22 Å². The SMILES string of the molecule is C[Si](C)Oc1cc(C(C)(C)C)ccc1C(=O)Cl. The van der Waals surface area contributed by atoms with Gasteiger partial charge in [0, 0.05) is 0 Å². The van der Waals surface area contributed by atoms with Crippen LogP contribution in [0, 0.1) is 0 Å². The fraction of sp³-hybridized carbons (Fsp3) is 0.462. The standard InChI is InChI=1S/C13H18ClO2Si/c1-13(2,3)9-6-7-10(12(14)15)11(8-9)16-17(4)5/h6-8H,1-5H3. The summed E-state index contributed by atoms with van der Waals surface area (Å²) in [6, 6.07) is 5.60. The van der Waals surface area contributed by atoms with Crippen LogP contribution < -0.4 is 4.43 Å². The minimum Gasteiger partial charge on any atom is -0.542 e. The molecule has 0 saturated heterocycles. The first-order valence-corrected chi connectivity index (χ1v) is 8.33. The van der Waals surface area contributed by atoms with E-state index in [2.05, 4.69) is 20.8 Å². The first-order chi connectivity index (χ1) is 7.71. The smallest absolute Gasteiger partial charge is 0.274 e. The Hall–Kier alpha value is -0.803. The van der Waals surface area contributed by atoms with E-state index in [0.717, 1.165) is 5.56 Å². The first kappa shape index (κ1) is 14.3. The zero-order valence-corrected chi connectivity index (χ0v) is 12.7. The maximum atomic E-state index is 11.3. The number of hydrogen-bond donors (Lipinski definition) is 0. The van der Waals surface area contributed by atoms with Crippen molar-refractivity contribution in [3.8, 4) is 5.75 Å². The van der Waals surface area contributed by atoms with E-state index in [0.29, 0.717) is 11.3 Å². The third kappa shape index (κ3) is 3.86. The molecular weight excluding hydrogens is 252 g/mol. The second-order valence-corrected chi connectivity index (χ2v) is 7.61. The molecule has 0 amide bonds. The maximum absolute atomic E-state index is 11.3. The Bertz CT molecular complexity index is 422. The van der Waals surface area contributed by atoms with Crippen LogP contribution in [0.5, 0.6) is 5.75 Å². The highest BCUT2D eigenvalue weighted by Gasteiger charge is 2.18. The van der Waals surface area contributed by atoms with Crippen LogP contribution in [0.15, 0.2) is 18.2 Å². The molecular formula is C13H18ClO2Si. The molecule has 0 saturated carbocycles. The van der Waals surface area contributed by atoms with Gasteiger partial charge in [-0.1, -0.05) is 26.8 Å². The van der Waals surface area contributed by atoms with Gasteiger partial charge in [0.05, 0.1) is 5.56 Å². The molecule has 0 aliphatic carbocycles. The second kappa shape index (κ2) is 5.23. The van der Waals surface area contributed by atoms with Crippen LogP contribution in [-0.2, 0) is 5.41 Å². The summed E-state index contributed by atoms with van der Waals surface area (Å²) in [7, 11) is -0.914. The lowest BCUT2D eigenvalue weighted by atomic mass is 9.86. The van der Waals surface area contributed by atoms with Crippen LogP contribution in [0.25, 0.3) is 0 Å². The Morgan fingerprint density at radius 1 is 1.29 bits per heavy atom. The highest BCUT2D eigenvalue weighted by Crippen LogP contribution is 2.29. The predicted molar refractivity (Wildman–Crippen MR) is 73.4 cm³/mol. The van der Waals surface area contributed by atoms with Gasteiger partial charge in [0.2, 0.25) is 0 Å². The minimum atomic E-state index is -0.914. The predicted octanol–water partition coefficient (Wildman–Crippen LogP) is 3.99. The summed E-state index contributed by atoms with van der Waals surface area (Å²) in [5.74, 6) is 0.608. The lowest BCUT2D eigenvalue weighted by Crippen LogP contribution is -2.16. The van der Waals surface area contributed by atoms with E-state index < -0.39 is 14.3 Å². The van der Waals surface area contributed by atoms with Crippen molar-refractivity contribution in [2.24, 2.45) is 0 Å². The van der Waals surface area contributed by atoms with Crippen LogP contribution in [0.2, 0.25) is 13.1 Å². The molecule has 17 heavy (non-hydrogen) atoms. The fourth-order valence-electron chi connectivity index (χ4n) is 1.46. The number of halogens is 1. The van der Waals surface area contributed by atoms with Gasteiger partial charge in [-0.15, -0.1) is 0 Å². The fourth-order valence-corrected chi connectivity index (χ4v) is 2.22. The molecule has 1 radical (unpaired) electrons. The number of rotatable bonds is 3. The molecule has 93 valence electrons. The summed E-state index contributed by atoms with van der Waals surface area (Å²) in [6.07, 6.45) is 0. The van der Waals surface area contributed by atoms with Crippen LogP contribution in [0.4, 0.5) is 0 Å². The molecule has 0 heterocycles. The Labute approximate surface area is 110 Å². The zero-order valence-electron chi connectivity index (χ0n) is 10.9. The van der Waals surface area contributed by atoms with Crippen molar-refractivity contribution in [1.82, 2.24) is 0 Å². The van der Waals surface area contributed by atoms with Crippen molar-refractivity contribution in [2.75, 3.05) is 0 Å². The van der Waals surface area contributed by atoms with Gasteiger partial charge in [0.15, 0.2) is 0 Å². The molecule has 0 spiro atoms.